The van der Waals surface area contributed by atoms with Gasteiger partial charge in [0.25, 0.3) is 10.0 Å². The minimum atomic E-state index is -3.55. The van der Waals surface area contributed by atoms with E-state index in [1.54, 1.807) is 31.3 Å². The molecule has 0 aliphatic heterocycles. The molecule has 0 radical (unpaired) electrons. The van der Waals surface area contributed by atoms with Crippen molar-refractivity contribution in [3.05, 3.63) is 41.0 Å². The molecule has 0 amide bonds. The maximum Gasteiger partial charge on any atom is 0.271 e. The molecule has 0 saturated carbocycles. The third-order valence-electron chi connectivity index (χ3n) is 2.84. The summed E-state index contributed by atoms with van der Waals surface area (Å²) in [4.78, 5) is 5.07. The van der Waals surface area contributed by atoms with Gasteiger partial charge in [0.05, 0.1) is 11.4 Å². The van der Waals surface area contributed by atoms with Crippen molar-refractivity contribution in [2.75, 3.05) is 4.72 Å². The number of nitrogens with one attached hydrogen (secondary N) is 2. The highest BCUT2D eigenvalue weighted by Gasteiger charge is 2.18. The van der Waals surface area contributed by atoms with Crippen molar-refractivity contribution in [1.82, 2.24) is 10.3 Å². The molecule has 114 valence electrons. The Bertz CT molecular complexity index is 709. The van der Waals surface area contributed by atoms with Crippen LogP contribution in [0.3, 0.4) is 0 Å². The van der Waals surface area contributed by atoms with E-state index in [0.29, 0.717) is 28.2 Å². The van der Waals surface area contributed by atoms with Crippen LogP contribution < -0.4 is 10.0 Å². The number of thiophene rings is 1. The molecular weight excluding hydrogens is 306 g/mol. The number of aryl methyl sites for hydroxylation is 1. The normalized spacial score (nSPS) is 11.8. The van der Waals surface area contributed by atoms with Crippen LogP contribution in [0, 0.1) is 6.92 Å². The second-order valence-electron chi connectivity index (χ2n) is 5.00. The molecule has 2 heterocycles. The van der Waals surface area contributed by atoms with Crippen LogP contribution in [0.2, 0.25) is 0 Å². The third-order valence-corrected chi connectivity index (χ3v) is 5.78. The molecule has 0 aliphatic rings. The molecule has 0 aromatic carbocycles. The zero-order valence-electron chi connectivity index (χ0n) is 12.3. The summed E-state index contributed by atoms with van der Waals surface area (Å²) >= 11 is 1.27. The molecule has 0 fully saturated rings. The van der Waals surface area contributed by atoms with Crippen molar-refractivity contribution < 1.29 is 8.42 Å². The molecular formula is C14H19N3O2S2. The average molecular weight is 325 g/mol. The largest absolute Gasteiger partial charge is 0.310 e. The van der Waals surface area contributed by atoms with Crippen molar-refractivity contribution >= 4 is 27.0 Å². The zero-order chi connectivity index (χ0) is 15.5. The van der Waals surface area contributed by atoms with Gasteiger partial charge in [-0.2, -0.15) is 0 Å². The summed E-state index contributed by atoms with van der Waals surface area (Å²) in [5.41, 5.74) is 1.16. The predicted molar refractivity (Wildman–Crippen MR) is 86.1 cm³/mol. The fourth-order valence-electron chi connectivity index (χ4n) is 1.69. The molecule has 0 spiro atoms. The van der Waals surface area contributed by atoms with Crippen LogP contribution >= 0.6 is 11.3 Å². The van der Waals surface area contributed by atoms with E-state index in [4.69, 9.17) is 0 Å². The Morgan fingerprint density at radius 3 is 2.71 bits per heavy atom. The summed E-state index contributed by atoms with van der Waals surface area (Å²) in [6, 6.07) is 7.25. The summed E-state index contributed by atoms with van der Waals surface area (Å²) in [5.74, 6) is 0. The van der Waals surface area contributed by atoms with Gasteiger partial charge < -0.3 is 5.32 Å². The first kappa shape index (κ1) is 15.9. The van der Waals surface area contributed by atoms with Crippen molar-refractivity contribution in [2.45, 2.75) is 37.6 Å². The third kappa shape index (κ3) is 4.26. The second-order valence-corrected chi connectivity index (χ2v) is 8.08. The van der Waals surface area contributed by atoms with Crippen LogP contribution in [0.5, 0.6) is 0 Å². The zero-order valence-corrected chi connectivity index (χ0v) is 13.9. The number of hydrogen-bond acceptors (Lipinski definition) is 5. The van der Waals surface area contributed by atoms with E-state index in [-0.39, 0.29) is 0 Å². The standard InChI is InChI=1S/C14H19N3O2S2/c1-10(2)16-9-12-6-7-14(20-12)21(18,19)17-13-5-4-8-15-11(13)3/h4-8,10,16-17H,9H2,1-3H3. The van der Waals surface area contributed by atoms with E-state index in [2.05, 4.69) is 28.9 Å². The number of pyridine rings is 1. The first-order valence-electron chi connectivity index (χ1n) is 6.65. The number of anilines is 1. The Morgan fingerprint density at radius 2 is 2.05 bits per heavy atom. The lowest BCUT2D eigenvalue weighted by Crippen LogP contribution is -2.21. The second kappa shape index (κ2) is 6.55. The van der Waals surface area contributed by atoms with Gasteiger partial charge >= 0.3 is 0 Å². The number of rotatable bonds is 6. The molecule has 21 heavy (non-hydrogen) atoms. The monoisotopic (exact) mass is 325 g/mol. The van der Waals surface area contributed by atoms with Crippen molar-refractivity contribution in [3.8, 4) is 0 Å². The molecule has 0 aliphatic carbocycles. The van der Waals surface area contributed by atoms with Gasteiger partial charge in [-0.3, -0.25) is 9.71 Å². The van der Waals surface area contributed by atoms with Gasteiger partial charge in [0.2, 0.25) is 0 Å². The maximum atomic E-state index is 12.4. The highest BCUT2D eigenvalue weighted by atomic mass is 32.2. The topological polar surface area (TPSA) is 71.1 Å². The Labute approximate surface area is 129 Å². The molecule has 2 N–H and O–H groups in total. The lowest BCUT2D eigenvalue weighted by molar-refractivity contribution is 0.593. The van der Waals surface area contributed by atoms with Gasteiger partial charge in [0.1, 0.15) is 4.21 Å². The fourth-order valence-corrected chi connectivity index (χ4v) is 4.11. The van der Waals surface area contributed by atoms with Gasteiger partial charge in [-0.1, -0.05) is 13.8 Å². The quantitative estimate of drug-likeness (QED) is 0.857. The van der Waals surface area contributed by atoms with Gasteiger partial charge in [0, 0.05) is 23.7 Å². The number of hydrogen-bond donors (Lipinski definition) is 2. The Balaban J connectivity index is 2.15. The lowest BCUT2D eigenvalue weighted by Gasteiger charge is -2.08. The fraction of sp³-hybridized carbons (Fsp3) is 0.357. The molecule has 0 unspecified atom stereocenters. The molecule has 0 saturated heterocycles. The lowest BCUT2D eigenvalue weighted by atomic mass is 10.3. The molecule has 2 rings (SSSR count). The smallest absolute Gasteiger partial charge is 0.271 e. The average Bonchev–Trinajstić information content (AvgIpc) is 2.88. The van der Waals surface area contributed by atoms with E-state index in [1.807, 2.05) is 6.07 Å². The number of sulfonamides is 1. The Hall–Kier alpha value is -1.44. The van der Waals surface area contributed by atoms with E-state index in [1.165, 1.54) is 11.3 Å². The van der Waals surface area contributed by atoms with Crippen molar-refractivity contribution in [3.63, 3.8) is 0 Å². The van der Waals surface area contributed by atoms with Crippen LogP contribution in [0.4, 0.5) is 5.69 Å². The molecule has 2 aromatic rings. The van der Waals surface area contributed by atoms with E-state index >= 15 is 0 Å². The maximum absolute atomic E-state index is 12.4. The van der Waals surface area contributed by atoms with Crippen LogP contribution in [-0.4, -0.2) is 19.4 Å². The summed E-state index contributed by atoms with van der Waals surface area (Å²) < 4.78 is 27.6. The summed E-state index contributed by atoms with van der Waals surface area (Å²) in [6.07, 6.45) is 1.63. The number of nitrogens with zero attached hydrogens (tertiary/aromatic N) is 1. The summed E-state index contributed by atoms with van der Waals surface area (Å²) in [6.45, 7) is 6.55. The van der Waals surface area contributed by atoms with Crippen LogP contribution in [0.1, 0.15) is 24.4 Å². The van der Waals surface area contributed by atoms with Gasteiger partial charge in [-0.05, 0) is 31.2 Å². The van der Waals surface area contributed by atoms with Gasteiger partial charge in [-0.15, -0.1) is 11.3 Å². The summed E-state index contributed by atoms with van der Waals surface area (Å²) in [5, 5.41) is 3.27. The molecule has 7 heteroatoms. The Kier molecular flexibility index (Phi) is 4.97. The SMILES string of the molecule is Cc1ncccc1NS(=O)(=O)c1ccc(CNC(C)C)s1. The first-order chi connectivity index (χ1) is 9.88. The molecule has 5 nitrogen and oxygen atoms in total. The van der Waals surface area contributed by atoms with E-state index < -0.39 is 10.0 Å². The van der Waals surface area contributed by atoms with Crippen LogP contribution in [-0.2, 0) is 16.6 Å². The van der Waals surface area contributed by atoms with E-state index in [0.717, 1.165) is 4.88 Å². The highest BCUT2D eigenvalue weighted by Crippen LogP contribution is 2.24. The predicted octanol–water partition coefficient (Wildman–Crippen LogP) is 2.75. The first-order valence-corrected chi connectivity index (χ1v) is 8.95. The molecule has 0 atom stereocenters. The molecule has 0 bridgehead atoms. The Morgan fingerprint density at radius 1 is 1.29 bits per heavy atom. The summed E-state index contributed by atoms with van der Waals surface area (Å²) in [7, 11) is -3.55. The van der Waals surface area contributed by atoms with E-state index in [9.17, 15) is 8.42 Å². The minimum absolute atomic E-state index is 0.311. The van der Waals surface area contributed by atoms with Crippen molar-refractivity contribution in [1.29, 1.82) is 0 Å². The number of aromatic nitrogens is 1. The van der Waals surface area contributed by atoms with Crippen LogP contribution in [0.25, 0.3) is 0 Å². The minimum Gasteiger partial charge on any atom is -0.310 e. The van der Waals surface area contributed by atoms with Gasteiger partial charge in [-0.25, -0.2) is 8.42 Å². The highest BCUT2D eigenvalue weighted by molar-refractivity contribution is 7.94. The van der Waals surface area contributed by atoms with Crippen LogP contribution in [0.15, 0.2) is 34.7 Å². The van der Waals surface area contributed by atoms with Crippen molar-refractivity contribution in [2.24, 2.45) is 0 Å². The van der Waals surface area contributed by atoms with Gasteiger partial charge in [0.15, 0.2) is 0 Å². The molecule has 2 aromatic heterocycles.